The van der Waals surface area contributed by atoms with Crippen molar-refractivity contribution in [3.8, 4) is 0 Å². The van der Waals surface area contributed by atoms with E-state index in [4.69, 9.17) is 0 Å². The number of rotatable bonds is 3. The van der Waals surface area contributed by atoms with Crippen molar-refractivity contribution in [2.45, 2.75) is 6.92 Å². The topological polar surface area (TPSA) is 45.0 Å². The molecule has 0 N–H and O–H groups in total. The molecule has 1 heterocycles. The number of amides is 1. The number of fused-ring (bicyclic) bond motifs is 1. The molecule has 0 bridgehead atoms. The molecule has 0 aromatic heterocycles. The number of aliphatic imine (C=N–C) groups is 1. The molecule has 0 radical (unpaired) electrons. The highest BCUT2D eigenvalue weighted by molar-refractivity contribution is 6.23. The van der Waals surface area contributed by atoms with Gasteiger partial charge in [-0.2, -0.15) is 10.1 Å². The number of para-hydroxylation sites is 1. The number of carbonyl (C=O) groups is 1. The Morgan fingerprint density at radius 1 is 0.960 bits per heavy atom. The molecular formula is C21H17N3O. The van der Waals surface area contributed by atoms with Gasteiger partial charge in [0.1, 0.15) is 5.92 Å². The van der Waals surface area contributed by atoms with Crippen LogP contribution in [0.1, 0.15) is 6.92 Å². The van der Waals surface area contributed by atoms with E-state index in [2.05, 4.69) is 22.2 Å². The lowest BCUT2D eigenvalue weighted by Gasteiger charge is -2.12. The zero-order valence-electron chi connectivity index (χ0n) is 13.8. The average Bonchev–Trinajstić information content (AvgIpc) is 2.94. The van der Waals surface area contributed by atoms with Crippen molar-refractivity contribution in [2.24, 2.45) is 16.0 Å². The van der Waals surface area contributed by atoms with Gasteiger partial charge in [-0.15, -0.1) is 0 Å². The fourth-order valence-electron chi connectivity index (χ4n) is 2.98. The SMILES string of the molecule is CC1=NN(c2ccccc2)C(=O)[C@@H]1C=Nc1cccc2ccccc12. The standard InChI is InChI=1S/C21H17N3O/c1-15-19(21(25)24(23-15)17-10-3-2-4-11-17)14-22-20-13-7-9-16-8-5-6-12-18(16)20/h2-14,19H,1H3/t19-/m1/s1. The molecule has 1 aliphatic heterocycles. The summed E-state index contributed by atoms with van der Waals surface area (Å²) in [5.74, 6) is -0.508. The van der Waals surface area contributed by atoms with Crippen LogP contribution in [-0.2, 0) is 4.79 Å². The van der Waals surface area contributed by atoms with Gasteiger partial charge in [-0.25, -0.2) is 0 Å². The number of anilines is 1. The lowest BCUT2D eigenvalue weighted by Crippen LogP contribution is -2.27. The molecule has 1 amide bonds. The highest BCUT2D eigenvalue weighted by Gasteiger charge is 2.33. The minimum absolute atomic E-state index is 0.0762. The molecular weight excluding hydrogens is 310 g/mol. The Bertz CT molecular complexity index is 987. The van der Waals surface area contributed by atoms with Crippen LogP contribution in [0.2, 0.25) is 0 Å². The summed E-state index contributed by atoms with van der Waals surface area (Å²) in [6.07, 6.45) is 1.70. The van der Waals surface area contributed by atoms with Crippen LogP contribution in [0, 0.1) is 5.92 Å². The zero-order valence-corrected chi connectivity index (χ0v) is 13.8. The van der Waals surface area contributed by atoms with Crippen molar-refractivity contribution in [3.05, 3.63) is 72.8 Å². The van der Waals surface area contributed by atoms with Gasteiger partial charge in [0, 0.05) is 11.6 Å². The quantitative estimate of drug-likeness (QED) is 0.649. The summed E-state index contributed by atoms with van der Waals surface area (Å²) in [4.78, 5) is 17.3. The van der Waals surface area contributed by atoms with Gasteiger partial charge in [0.25, 0.3) is 5.91 Å². The van der Waals surface area contributed by atoms with Crippen LogP contribution in [-0.4, -0.2) is 17.8 Å². The number of benzene rings is 3. The Hall–Kier alpha value is -3.27. The molecule has 3 aromatic carbocycles. The van der Waals surface area contributed by atoms with Gasteiger partial charge in [-0.05, 0) is 30.5 Å². The van der Waals surface area contributed by atoms with Gasteiger partial charge >= 0.3 is 0 Å². The zero-order chi connectivity index (χ0) is 17.2. The Labute approximate surface area is 146 Å². The highest BCUT2D eigenvalue weighted by atomic mass is 16.2. The van der Waals surface area contributed by atoms with E-state index in [1.807, 2.05) is 67.6 Å². The van der Waals surface area contributed by atoms with E-state index in [1.165, 1.54) is 5.01 Å². The van der Waals surface area contributed by atoms with Crippen LogP contribution in [0.25, 0.3) is 10.8 Å². The van der Waals surface area contributed by atoms with Gasteiger partial charge < -0.3 is 0 Å². The monoisotopic (exact) mass is 327 g/mol. The molecule has 0 unspecified atom stereocenters. The van der Waals surface area contributed by atoms with E-state index in [1.54, 1.807) is 6.21 Å². The van der Waals surface area contributed by atoms with Crippen molar-refractivity contribution in [1.29, 1.82) is 0 Å². The first-order valence-corrected chi connectivity index (χ1v) is 8.20. The lowest BCUT2D eigenvalue weighted by atomic mass is 10.1. The number of hydrogen-bond donors (Lipinski definition) is 0. The maximum Gasteiger partial charge on any atom is 0.261 e. The van der Waals surface area contributed by atoms with Crippen molar-refractivity contribution >= 4 is 40.0 Å². The predicted octanol–water partition coefficient (Wildman–Crippen LogP) is 4.58. The van der Waals surface area contributed by atoms with Crippen LogP contribution >= 0.6 is 0 Å². The normalized spacial score (nSPS) is 17.5. The molecule has 0 aliphatic carbocycles. The van der Waals surface area contributed by atoms with E-state index >= 15 is 0 Å². The second-order valence-electron chi connectivity index (χ2n) is 5.98. The summed E-state index contributed by atoms with van der Waals surface area (Å²) in [6, 6.07) is 23.5. The van der Waals surface area contributed by atoms with E-state index < -0.39 is 5.92 Å². The minimum Gasteiger partial charge on any atom is -0.271 e. The summed E-state index contributed by atoms with van der Waals surface area (Å²) < 4.78 is 0. The first kappa shape index (κ1) is 15.3. The molecule has 0 saturated heterocycles. The Morgan fingerprint density at radius 3 is 2.52 bits per heavy atom. The second-order valence-corrected chi connectivity index (χ2v) is 5.98. The smallest absolute Gasteiger partial charge is 0.261 e. The number of nitrogens with zero attached hydrogens (tertiary/aromatic N) is 3. The maximum atomic E-state index is 12.7. The molecule has 4 heteroatoms. The fourth-order valence-corrected chi connectivity index (χ4v) is 2.98. The molecule has 1 aliphatic rings. The lowest BCUT2D eigenvalue weighted by molar-refractivity contribution is -0.118. The molecule has 1 atom stereocenters. The first-order valence-electron chi connectivity index (χ1n) is 8.20. The van der Waals surface area contributed by atoms with Gasteiger partial charge in [0.05, 0.1) is 17.1 Å². The van der Waals surface area contributed by atoms with Gasteiger partial charge in [0.15, 0.2) is 0 Å². The van der Waals surface area contributed by atoms with Crippen molar-refractivity contribution < 1.29 is 4.79 Å². The second kappa shape index (κ2) is 6.32. The van der Waals surface area contributed by atoms with Crippen LogP contribution in [0.4, 0.5) is 11.4 Å². The third-order valence-electron chi connectivity index (χ3n) is 4.31. The molecule has 0 fully saturated rings. The summed E-state index contributed by atoms with van der Waals surface area (Å²) in [6.45, 7) is 1.86. The third-order valence-corrected chi connectivity index (χ3v) is 4.31. The number of hydrazone groups is 1. The predicted molar refractivity (Wildman–Crippen MR) is 103 cm³/mol. The molecule has 0 saturated carbocycles. The van der Waals surface area contributed by atoms with E-state index in [-0.39, 0.29) is 5.91 Å². The van der Waals surface area contributed by atoms with Crippen LogP contribution in [0.15, 0.2) is 82.9 Å². The Balaban J connectivity index is 1.64. The van der Waals surface area contributed by atoms with Crippen LogP contribution in [0.5, 0.6) is 0 Å². The van der Waals surface area contributed by atoms with E-state index in [0.717, 1.165) is 27.9 Å². The third kappa shape index (κ3) is 2.83. The van der Waals surface area contributed by atoms with Crippen molar-refractivity contribution in [1.82, 2.24) is 0 Å². The van der Waals surface area contributed by atoms with E-state index in [9.17, 15) is 4.79 Å². The van der Waals surface area contributed by atoms with E-state index in [0.29, 0.717) is 0 Å². The fraction of sp³-hybridized carbons (Fsp3) is 0.0952. The molecule has 3 aromatic rings. The Morgan fingerprint density at radius 2 is 1.68 bits per heavy atom. The largest absolute Gasteiger partial charge is 0.271 e. The number of hydrogen-bond acceptors (Lipinski definition) is 3. The maximum absolute atomic E-state index is 12.7. The van der Waals surface area contributed by atoms with Crippen molar-refractivity contribution in [3.63, 3.8) is 0 Å². The highest BCUT2D eigenvalue weighted by Crippen LogP contribution is 2.27. The molecule has 0 spiro atoms. The summed E-state index contributed by atoms with van der Waals surface area (Å²) in [5.41, 5.74) is 2.38. The van der Waals surface area contributed by atoms with Gasteiger partial charge in [-0.3, -0.25) is 9.79 Å². The minimum atomic E-state index is -0.431. The summed E-state index contributed by atoms with van der Waals surface area (Å²) >= 11 is 0. The van der Waals surface area contributed by atoms with Crippen LogP contribution < -0.4 is 5.01 Å². The van der Waals surface area contributed by atoms with Crippen LogP contribution in [0.3, 0.4) is 0 Å². The Kier molecular flexibility index (Phi) is 3.86. The molecule has 25 heavy (non-hydrogen) atoms. The van der Waals surface area contributed by atoms with Crippen molar-refractivity contribution in [2.75, 3.05) is 5.01 Å². The molecule has 4 nitrogen and oxygen atoms in total. The summed E-state index contributed by atoms with van der Waals surface area (Å²) in [7, 11) is 0. The van der Waals surface area contributed by atoms with Gasteiger partial charge in [0.2, 0.25) is 0 Å². The first-order chi connectivity index (χ1) is 12.2. The average molecular weight is 327 g/mol. The summed E-state index contributed by atoms with van der Waals surface area (Å²) in [5, 5.41) is 8.06. The molecule has 122 valence electrons. The number of carbonyl (C=O) groups excluding carboxylic acids is 1. The molecule has 4 rings (SSSR count). The van der Waals surface area contributed by atoms with Gasteiger partial charge in [-0.1, -0.05) is 54.6 Å².